The Morgan fingerprint density at radius 2 is 2.00 bits per heavy atom. The van der Waals surface area contributed by atoms with Gasteiger partial charge in [0.2, 0.25) is 0 Å². The zero-order valence-corrected chi connectivity index (χ0v) is 9.08. The van der Waals surface area contributed by atoms with E-state index in [-0.39, 0.29) is 0 Å². The highest BCUT2D eigenvalue weighted by molar-refractivity contribution is 7.96. The average molecular weight is 175 g/mol. The van der Waals surface area contributed by atoms with Gasteiger partial charge < -0.3 is 0 Å². The van der Waals surface area contributed by atoms with Crippen molar-refractivity contribution in [2.45, 2.75) is 33.6 Å². The van der Waals surface area contributed by atoms with Crippen molar-refractivity contribution in [3.63, 3.8) is 0 Å². The van der Waals surface area contributed by atoms with Crippen molar-refractivity contribution < 1.29 is 0 Å². The quantitative estimate of drug-likeness (QED) is 0.564. The Morgan fingerprint density at radius 3 is 2.36 bits per heavy atom. The number of piperidine rings is 1. The van der Waals surface area contributed by atoms with Crippen LogP contribution in [0.4, 0.5) is 0 Å². The largest absolute Gasteiger partial charge is 0.251 e. The van der Waals surface area contributed by atoms with Gasteiger partial charge in [0.15, 0.2) is 0 Å². The molecule has 0 N–H and O–H groups in total. The first-order valence-electron chi connectivity index (χ1n) is 4.62. The van der Waals surface area contributed by atoms with Crippen LogP contribution in [0.3, 0.4) is 0 Å². The molecule has 0 spiro atoms. The van der Waals surface area contributed by atoms with Crippen LogP contribution in [0.5, 0.6) is 0 Å². The van der Waals surface area contributed by atoms with Crippen LogP contribution in [0.25, 0.3) is 0 Å². The molecule has 1 rings (SSSR count). The maximum atomic E-state index is 2.45. The van der Waals surface area contributed by atoms with Crippen LogP contribution < -0.4 is 0 Å². The van der Waals surface area contributed by atoms with Gasteiger partial charge >= 0.3 is 0 Å². The van der Waals surface area contributed by atoms with E-state index in [0.717, 1.165) is 5.92 Å². The van der Waals surface area contributed by atoms with E-state index in [2.05, 4.69) is 17.5 Å². The Labute approximate surface area is 75.7 Å². The van der Waals surface area contributed by atoms with Crippen molar-refractivity contribution in [3.8, 4) is 0 Å². The Morgan fingerprint density at radius 1 is 1.36 bits per heavy atom. The Balaban J connectivity index is 0.000000461. The SMILES string of the molecule is CC.CSN1CCCC(C)C1. The smallest absolute Gasteiger partial charge is 0.0115 e. The van der Waals surface area contributed by atoms with Crippen LogP contribution >= 0.6 is 11.9 Å². The summed E-state index contributed by atoms with van der Waals surface area (Å²) in [5, 5.41) is 0. The van der Waals surface area contributed by atoms with Crippen molar-refractivity contribution in [1.82, 2.24) is 4.31 Å². The summed E-state index contributed by atoms with van der Waals surface area (Å²) in [6, 6.07) is 0. The van der Waals surface area contributed by atoms with Gasteiger partial charge in [-0.15, -0.1) is 0 Å². The van der Waals surface area contributed by atoms with E-state index in [9.17, 15) is 0 Å². The Hall–Kier alpha value is 0.310. The predicted molar refractivity (Wildman–Crippen MR) is 54.8 cm³/mol. The molecule has 2 heteroatoms. The minimum atomic E-state index is 0.922. The van der Waals surface area contributed by atoms with Crippen LogP contribution in [-0.4, -0.2) is 23.7 Å². The molecular formula is C9H21NS. The average Bonchev–Trinajstić information content (AvgIpc) is 2.08. The summed E-state index contributed by atoms with van der Waals surface area (Å²) in [5.74, 6) is 0.922. The van der Waals surface area contributed by atoms with Crippen LogP contribution in [-0.2, 0) is 0 Å². The summed E-state index contributed by atoms with van der Waals surface area (Å²) in [6.07, 6.45) is 4.98. The highest BCUT2D eigenvalue weighted by Crippen LogP contribution is 2.19. The minimum Gasteiger partial charge on any atom is -0.251 e. The second kappa shape index (κ2) is 6.99. The molecule has 1 heterocycles. The molecule has 1 saturated heterocycles. The van der Waals surface area contributed by atoms with Crippen LogP contribution in [0.1, 0.15) is 33.6 Å². The van der Waals surface area contributed by atoms with E-state index in [0.29, 0.717) is 0 Å². The number of hydrogen-bond acceptors (Lipinski definition) is 2. The normalized spacial score (nSPS) is 25.6. The van der Waals surface area contributed by atoms with E-state index >= 15 is 0 Å². The Bertz CT molecular complexity index is 85.6. The first-order valence-corrected chi connectivity index (χ1v) is 5.80. The monoisotopic (exact) mass is 175 g/mol. The van der Waals surface area contributed by atoms with Crippen molar-refractivity contribution in [1.29, 1.82) is 0 Å². The summed E-state index contributed by atoms with van der Waals surface area (Å²) in [5.41, 5.74) is 0. The van der Waals surface area contributed by atoms with E-state index in [4.69, 9.17) is 0 Å². The van der Waals surface area contributed by atoms with Crippen molar-refractivity contribution in [2.75, 3.05) is 19.3 Å². The molecule has 0 amide bonds. The predicted octanol–water partition coefficient (Wildman–Crippen LogP) is 3.02. The summed E-state index contributed by atoms with van der Waals surface area (Å²) in [6.45, 7) is 8.93. The van der Waals surface area contributed by atoms with Gasteiger partial charge in [-0.1, -0.05) is 32.7 Å². The molecule has 1 fully saturated rings. The first-order chi connectivity index (χ1) is 5.33. The number of nitrogens with zero attached hydrogens (tertiary/aromatic N) is 1. The van der Waals surface area contributed by atoms with E-state index < -0.39 is 0 Å². The molecule has 0 aromatic rings. The summed E-state index contributed by atoms with van der Waals surface area (Å²) >= 11 is 1.88. The van der Waals surface area contributed by atoms with Crippen molar-refractivity contribution in [3.05, 3.63) is 0 Å². The highest BCUT2D eigenvalue weighted by Gasteiger charge is 2.14. The lowest BCUT2D eigenvalue weighted by atomic mass is 10.0. The zero-order valence-electron chi connectivity index (χ0n) is 8.26. The summed E-state index contributed by atoms with van der Waals surface area (Å²) < 4.78 is 2.45. The van der Waals surface area contributed by atoms with Gasteiger partial charge in [0.05, 0.1) is 0 Å². The third-order valence-corrected chi connectivity index (χ3v) is 2.73. The van der Waals surface area contributed by atoms with E-state index in [1.165, 1.54) is 25.9 Å². The zero-order chi connectivity index (χ0) is 8.69. The summed E-state index contributed by atoms with van der Waals surface area (Å²) in [4.78, 5) is 0. The molecule has 0 aliphatic carbocycles. The van der Waals surface area contributed by atoms with Crippen LogP contribution in [0.2, 0.25) is 0 Å². The first kappa shape index (κ1) is 11.3. The lowest BCUT2D eigenvalue weighted by Gasteiger charge is -2.28. The Kier molecular flexibility index (Phi) is 7.18. The fourth-order valence-electron chi connectivity index (χ4n) is 1.31. The van der Waals surface area contributed by atoms with Crippen molar-refractivity contribution in [2.24, 2.45) is 5.92 Å². The van der Waals surface area contributed by atoms with E-state index in [1.54, 1.807) is 0 Å². The molecule has 1 atom stereocenters. The fourth-order valence-corrected chi connectivity index (χ4v) is 2.03. The third kappa shape index (κ3) is 4.70. The minimum absolute atomic E-state index is 0.922. The van der Waals surface area contributed by atoms with Gasteiger partial charge in [-0.3, -0.25) is 4.31 Å². The number of rotatable bonds is 1. The second-order valence-corrected chi connectivity index (χ2v) is 3.70. The van der Waals surface area contributed by atoms with Crippen molar-refractivity contribution >= 4 is 11.9 Å². The van der Waals surface area contributed by atoms with Crippen LogP contribution in [0, 0.1) is 5.92 Å². The molecule has 1 aliphatic heterocycles. The number of hydrogen-bond donors (Lipinski definition) is 0. The van der Waals surface area contributed by atoms with Gasteiger partial charge in [0.25, 0.3) is 0 Å². The molecule has 1 unspecified atom stereocenters. The molecular weight excluding hydrogens is 154 g/mol. The molecule has 11 heavy (non-hydrogen) atoms. The maximum absolute atomic E-state index is 2.45. The molecule has 0 aromatic heterocycles. The molecule has 68 valence electrons. The van der Waals surface area contributed by atoms with Gasteiger partial charge in [-0.2, -0.15) is 0 Å². The highest BCUT2D eigenvalue weighted by atomic mass is 32.2. The topological polar surface area (TPSA) is 3.24 Å². The molecule has 1 nitrogen and oxygen atoms in total. The van der Waals surface area contributed by atoms with Gasteiger partial charge in [-0.25, -0.2) is 0 Å². The molecule has 0 aromatic carbocycles. The summed E-state index contributed by atoms with van der Waals surface area (Å²) in [7, 11) is 0. The molecule has 0 radical (unpaired) electrons. The lowest BCUT2D eigenvalue weighted by molar-refractivity contribution is 0.303. The molecule has 0 bridgehead atoms. The second-order valence-electron chi connectivity index (χ2n) is 2.82. The molecule has 1 aliphatic rings. The lowest BCUT2D eigenvalue weighted by Crippen LogP contribution is -2.28. The van der Waals surface area contributed by atoms with E-state index in [1.807, 2.05) is 25.8 Å². The third-order valence-electron chi connectivity index (χ3n) is 1.88. The van der Waals surface area contributed by atoms with Gasteiger partial charge in [0.1, 0.15) is 0 Å². The maximum Gasteiger partial charge on any atom is 0.0115 e. The van der Waals surface area contributed by atoms with Gasteiger partial charge in [0, 0.05) is 13.1 Å². The molecule has 0 saturated carbocycles. The fraction of sp³-hybridized carbons (Fsp3) is 1.00. The van der Waals surface area contributed by atoms with Crippen LogP contribution in [0.15, 0.2) is 0 Å². The standard InChI is InChI=1S/C7H15NS.C2H6/c1-7-4-3-5-8(6-7)9-2;1-2/h7H,3-6H2,1-2H3;1-2H3. The van der Waals surface area contributed by atoms with Gasteiger partial charge in [-0.05, 0) is 25.0 Å².